The molecule has 0 spiro atoms. The summed E-state index contributed by atoms with van der Waals surface area (Å²) in [4.78, 5) is 4.52. The van der Waals surface area contributed by atoms with Gasteiger partial charge in [-0.05, 0) is 38.5 Å². The minimum absolute atomic E-state index is 0.171. The summed E-state index contributed by atoms with van der Waals surface area (Å²) in [6, 6.07) is 5.96. The van der Waals surface area contributed by atoms with Gasteiger partial charge in [0.15, 0.2) is 0 Å². The number of nitrogens with one attached hydrogen (secondary N) is 1. The monoisotopic (exact) mass is 218 g/mol. The molecule has 1 N–H and O–H groups in total. The van der Waals surface area contributed by atoms with Crippen molar-refractivity contribution in [3.8, 4) is 5.88 Å². The van der Waals surface area contributed by atoms with Crippen LogP contribution in [-0.4, -0.2) is 24.2 Å². The number of nitrogens with zero attached hydrogens (tertiary/aromatic N) is 1. The maximum Gasteiger partial charge on any atom is 0.214 e. The van der Waals surface area contributed by atoms with Crippen LogP contribution in [0.1, 0.15) is 26.0 Å². The molecule has 0 aliphatic carbocycles. The van der Waals surface area contributed by atoms with E-state index in [2.05, 4.69) is 16.4 Å². The van der Waals surface area contributed by atoms with Crippen LogP contribution < -0.4 is 10.1 Å². The highest BCUT2D eigenvalue weighted by Gasteiger charge is 2.08. The summed E-state index contributed by atoms with van der Waals surface area (Å²) >= 11 is 0. The van der Waals surface area contributed by atoms with E-state index in [1.54, 1.807) is 0 Å². The SMILES string of the molecule is CC(C)Oc1cccc(C2=CCNCC2)n1. The quantitative estimate of drug-likeness (QED) is 0.845. The molecule has 0 aromatic carbocycles. The van der Waals surface area contributed by atoms with Crippen molar-refractivity contribution in [1.29, 1.82) is 0 Å². The molecule has 1 aliphatic rings. The number of hydrogen-bond donors (Lipinski definition) is 1. The normalized spacial score (nSPS) is 16.1. The third-order valence-corrected chi connectivity index (χ3v) is 2.47. The van der Waals surface area contributed by atoms with Crippen molar-refractivity contribution in [2.45, 2.75) is 26.4 Å². The highest BCUT2D eigenvalue weighted by Crippen LogP contribution is 2.20. The third kappa shape index (κ3) is 2.83. The predicted molar refractivity (Wildman–Crippen MR) is 65.5 cm³/mol. The Balaban J connectivity index is 2.18. The molecule has 3 heteroatoms. The predicted octanol–water partition coefficient (Wildman–Crippen LogP) is 2.25. The van der Waals surface area contributed by atoms with Gasteiger partial charge in [-0.1, -0.05) is 12.1 Å². The summed E-state index contributed by atoms with van der Waals surface area (Å²) in [5.74, 6) is 0.715. The van der Waals surface area contributed by atoms with Gasteiger partial charge in [0.1, 0.15) is 0 Å². The molecule has 0 radical (unpaired) electrons. The summed E-state index contributed by atoms with van der Waals surface area (Å²) in [5, 5.41) is 3.30. The molecule has 1 aromatic rings. The van der Waals surface area contributed by atoms with E-state index in [1.165, 1.54) is 5.57 Å². The Morgan fingerprint density at radius 1 is 1.38 bits per heavy atom. The average Bonchev–Trinajstić information content (AvgIpc) is 2.30. The van der Waals surface area contributed by atoms with Gasteiger partial charge in [0.05, 0.1) is 11.8 Å². The molecule has 2 rings (SSSR count). The molecule has 86 valence electrons. The zero-order valence-corrected chi connectivity index (χ0v) is 9.86. The molecule has 16 heavy (non-hydrogen) atoms. The summed E-state index contributed by atoms with van der Waals surface area (Å²) in [6.45, 7) is 5.99. The Hall–Kier alpha value is -1.35. The van der Waals surface area contributed by atoms with E-state index in [4.69, 9.17) is 4.74 Å². The van der Waals surface area contributed by atoms with Gasteiger partial charge in [-0.3, -0.25) is 0 Å². The summed E-state index contributed by atoms with van der Waals surface area (Å²) < 4.78 is 5.59. The highest BCUT2D eigenvalue weighted by molar-refractivity contribution is 5.63. The summed E-state index contributed by atoms with van der Waals surface area (Å²) in [6.07, 6.45) is 3.41. The maximum absolute atomic E-state index is 5.59. The van der Waals surface area contributed by atoms with Crippen molar-refractivity contribution in [1.82, 2.24) is 10.3 Å². The topological polar surface area (TPSA) is 34.1 Å². The smallest absolute Gasteiger partial charge is 0.214 e. The highest BCUT2D eigenvalue weighted by atomic mass is 16.5. The molecular weight excluding hydrogens is 200 g/mol. The van der Waals surface area contributed by atoms with Crippen molar-refractivity contribution >= 4 is 5.57 Å². The minimum Gasteiger partial charge on any atom is -0.475 e. The van der Waals surface area contributed by atoms with E-state index in [1.807, 2.05) is 32.0 Å². The van der Waals surface area contributed by atoms with E-state index >= 15 is 0 Å². The fourth-order valence-corrected chi connectivity index (χ4v) is 1.76. The molecule has 0 saturated heterocycles. The molecule has 0 unspecified atom stereocenters. The van der Waals surface area contributed by atoms with E-state index in [0.29, 0.717) is 5.88 Å². The van der Waals surface area contributed by atoms with Gasteiger partial charge in [0.2, 0.25) is 5.88 Å². The van der Waals surface area contributed by atoms with E-state index in [-0.39, 0.29) is 6.10 Å². The number of hydrogen-bond acceptors (Lipinski definition) is 3. The Kier molecular flexibility index (Phi) is 3.57. The van der Waals surface area contributed by atoms with Crippen molar-refractivity contribution in [3.05, 3.63) is 30.0 Å². The van der Waals surface area contributed by atoms with E-state index in [9.17, 15) is 0 Å². The molecule has 0 saturated carbocycles. The maximum atomic E-state index is 5.59. The van der Waals surface area contributed by atoms with Crippen molar-refractivity contribution in [2.24, 2.45) is 0 Å². The molecule has 2 heterocycles. The lowest BCUT2D eigenvalue weighted by atomic mass is 10.1. The van der Waals surface area contributed by atoms with Crippen molar-refractivity contribution < 1.29 is 4.74 Å². The van der Waals surface area contributed by atoms with Crippen LogP contribution in [0.4, 0.5) is 0 Å². The van der Waals surface area contributed by atoms with Crippen LogP contribution in [0.15, 0.2) is 24.3 Å². The number of rotatable bonds is 3. The Morgan fingerprint density at radius 3 is 2.94 bits per heavy atom. The summed E-state index contributed by atoms with van der Waals surface area (Å²) in [7, 11) is 0. The number of aromatic nitrogens is 1. The summed E-state index contributed by atoms with van der Waals surface area (Å²) in [5.41, 5.74) is 2.35. The van der Waals surface area contributed by atoms with Crippen LogP contribution in [0.2, 0.25) is 0 Å². The van der Waals surface area contributed by atoms with Gasteiger partial charge in [0, 0.05) is 12.6 Å². The van der Waals surface area contributed by atoms with Crippen LogP contribution in [0.3, 0.4) is 0 Å². The first-order valence-corrected chi connectivity index (χ1v) is 5.79. The van der Waals surface area contributed by atoms with Gasteiger partial charge >= 0.3 is 0 Å². The molecule has 1 aliphatic heterocycles. The van der Waals surface area contributed by atoms with Crippen LogP contribution >= 0.6 is 0 Å². The molecule has 0 fully saturated rings. The van der Waals surface area contributed by atoms with Crippen LogP contribution in [0.25, 0.3) is 5.57 Å². The Morgan fingerprint density at radius 2 is 2.25 bits per heavy atom. The molecular formula is C13H18N2O. The third-order valence-electron chi connectivity index (χ3n) is 2.47. The largest absolute Gasteiger partial charge is 0.475 e. The van der Waals surface area contributed by atoms with E-state index in [0.717, 1.165) is 25.2 Å². The lowest BCUT2D eigenvalue weighted by Crippen LogP contribution is -2.20. The fraction of sp³-hybridized carbons (Fsp3) is 0.462. The lowest BCUT2D eigenvalue weighted by molar-refractivity contribution is 0.232. The Bertz CT molecular complexity index is 385. The molecule has 0 amide bonds. The molecule has 0 bridgehead atoms. The zero-order valence-electron chi connectivity index (χ0n) is 9.86. The standard InChI is InChI=1S/C13H18N2O/c1-10(2)16-13-5-3-4-12(15-13)11-6-8-14-9-7-11/h3-6,10,14H,7-9H2,1-2H3. The Labute approximate surface area is 96.5 Å². The van der Waals surface area contributed by atoms with Crippen LogP contribution in [0.5, 0.6) is 5.88 Å². The second-order valence-electron chi connectivity index (χ2n) is 4.21. The van der Waals surface area contributed by atoms with Gasteiger partial charge < -0.3 is 10.1 Å². The number of pyridine rings is 1. The second-order valence-corrected chi connectivity index (χ2v) is 4.21. The second kappa shape index (κ2) is 5.12. The van der Waals surface area contributed by atoms with Gasteiger partial charge in [-0.25, -0.2) is 4.98 Å². The van der Waals surface area contributed by atoms with Gasteiger partial charge in [-0.2, -0.15) is 0 Å². The first kappa shape index (κ1) is 11.1. The first-order valence-electron chi connectivity index (χ1n) is 5.79. The van der Waals surface area contributed by atoms with Gasteiger partial charge in [0.25, 0.3) is 0 Å². The lowest BCUT2D eigenvalue weighted by Gasteiger charge is -2.15. The average molecular weight is 218 g/mol. The van der Waals surface area contributed by atoms with Crippen LogP contribution in [0, 0.1) is 0 Å². The van der Waals surface area contributed by atoms with Crippen molar-refractivity contribution in [2.75, 3.05) is 13.1 Å². The number of ether oxygens (including phenoxy) is 1. The molecule has 1 aromatic heterocycles. The minimum atomic E-state index is 0.171. The zero-order chi connectivity index (χ0) is 11.4. The first-order chi connectivity index (χ1) is 7.75. The van der Waals surface area contributed by atoms with E-state index < -0.39 is 0 Å². The molecule has 3 nitrogen and oxygen atoms in total. The van der Waals surface area contributed by atoms with Crippen molar-refractivity contribution in [3.63, 3.8) is 0 Å². The van der Waals surface area contributed by atoms with Crippen LogP contribution in [-0.2, 0) is 0 Å². The fourth-order valence-electron chi connectivity index (χ4n) is 1.76. The van der Waals surface area contributed by atoms with Gasteiger partial charge in [-0.15, -0.1) is 0 Å². The molecule has 0 atom stereocenters.